The Morgan fingerprint density at radius 3 is 2.38 bits per heavy atom. The Kier molecular flexibility index (Phi) is 5.03. The number of pyridine rings is 1. The van der Waals surface area contributed by atoms with Crippen molar-refractivity contribution >= 4 is 7.75 Å². The van der Waals surface area contributed by atoms with Crippen LogP contribution in [0, 0.1) is 5.92 Å². The highest BCUT2D eigenvalue weighted by Crippen LogP contribution is 2.57. The van der Waals surface area contributed by atoms with Crippen LogP contribution in [-0.4, -0.2) is 34.5 Å². The molecule has 2 atom stereocenters. The highest BCUT2D eigenvalue weighted by molar-refractivity contribution is 7.51. The molecule has 2 bridgehead atoms. The van der Waals surface area contributed by atoms with Gasteiger partial charge in [0.25, 0.3) is 5.56 Å². The third-order valence-electron chi connectivity index (χ3n) is 4.49. The van der Waals surface area contributed by atoms with Gasteiger partial charge in [-0.1, -0.05) is 6.07 Å². The minimum atomic E-state index is -3.34. The van der Waals surface area contributed by atoms with Gasteiger partial charge < -0.3 is 4.57 Å². The van der Waals surface area contributed by atoms with E-state index in [-0.39, 0.29) is 29.6 Å². The summed E-state index contributed by atoms with van der Waals surface area (Å²) in [6.07, 6.45) is 0.668. The molecule has 7 heteroatoms. The summed E-state index contributed by atoms with van der Waals surface area (Å²) in [5, 5.41) is 0. The van der Waals surface area contributed by atoms with Crippen molar-refractivity contribution in [2.75, 3.05) is 13.1 Å². The maximum atomic E-state index is 13.4. The molecule has 3 rings (SSSR count). The molecule has 0 saturated carbocycles. The maximum absolute atomic E-state index is 13.4. The molecule has 0 aliphatic carbocycles. The molecular weight excluding hydrogens is 327 g/mol. The quantitative estimate of drug-likeness (QED) is 0.760. The van der Waals surface area contributed by atoms with E-state index in [0.717, 1.165) is 12.1 Å². The zero-order valence-corrected chi connectivity index (χ0v) is 15.7. The number of rotatable bonds is 5. The second kappa shape index (κ2) is 6.75. The highest BCUT2D eigenvalue weighted by Gasteiger charge is 2.44. The van der Waals surface area contributed by atoms with Crippen molar-refractivity contribution in [3.05, 3.63) is 34.2 Å². The molecule has 0 aromatic carbocycles. The number of aromatic nitrogens is 1. The van der Waals surface area contributed by atoms with Gasteiger partial charge in [-0.25, -0.2) is 9.24 Å². The highest BCUT2D eigenvalue weighted by atomic mass is 31.2. The van der Waals surface area contributed by atoms with E-state index < -0.39 is 7.75 Å². The fraction of sp³-hybridized carbons (Fsp3) is 0.706. The first kappa shape index (κ1) is 17.9. The molecule has 0 radical (unpaired) electrons. The number of nitrogens with zero attached hydrogens (tertiary/aromatic N) is 2. The standard InChI is InChI=1S/C17H27N2O4P/c1-12(2)22-24(21,23-13(3)4)18-9-14-8-15(11-18)16-6-5-7-17(20)19(16)10-14/h5-7,12-15H,8-11H2,1-4H3. The molecule has 2 unspecified atom stereocenters. The van der Waals surface area contributed by atoms with E-state index in [4.69, 9.17) is 9.05 Å². The van der Waals surface area contributed by atoms with Gasteiger partial charge in [-0.3, -0.25) is 13.8 Å². The minimum Gasteiger partial charge on any atom is -0.312 e. The number of piperidine rings is 1. The Bertz CT molecular complexity index is 686. The fourth-order valence-corrected chi connectivity index (χ4v) is 5.97. The monoisotopic (exact) mass is 354 g/mol. The molecule has 1 fully saturated rings. The summed E-state index contributed by atoms with van der Waals surface area (Å²) >= 11 is 0. The largest absolute Gasteiger partial charge is 0.408 e. The van der Waals surface area contributed by atoms with Gasteiger partial charge >= 0.3 is 7.75 Å². The summed E-state index contributed by atoms with van der Waals surface area (Å²) in [4.78, 5) is 12.1. The van der Waals surface area contributed by atoms with E-state index in [1.54, 1.807) is 6.07 Å². The maximum Gasteiger partial charge on any atom is 0.408 e. The van der Waals surface area contributed by atoms with Crippen LogP contribution in [0.2, 0.25) is 0 Å². The Labute approximate surface area is 143 Å². The van der Waals surface area contributed by atoms with Gasteiger partial charge in [0, 0.05) is 37.3 Å². The summed E-state index contributed by atoms with van der Waals surface area (Å²) in [6, 6.07) is 5.42. The predicted octanol–water partition coefficient (Wildman–Crippen LogP) is 3.23. The molecule has 1 aromatic heterocycles. The Morgan fingerprint density at radius 2 is 1.75 bits per heavy atom. The number of hydrogen-bond acceptors (Lipinski definition) is 4. The Balaban J connectivity index is 1.90. The summed E-state index contributed by atoms with van der Waals surface area (Å²) < 4.78 is 28.7. The molecule has 0 spiro atoms. The van der Waals surface area contributed by atoms with E-state index in [1.165, 1.54) is 0 Å². The number of hydrogen-bond donors (Lipinski definition) is 0. The van der Waals surface area contributed by atoms with E-state index in [2.05, 4.69) is 0 Å². The molecule has 134 valence electrons. The summed E-state index contributed by atoms with van der Waals surface area (Å²) in [6.45, 7) is 9.38. The fourth-order valence-electron chi connectivity index (χ4n) is 3.76. The van der Waals surface area contributed by atoms with Gasteiger partial charge in [0.2, 0.25) is 0 Å². The molecule has 6 nitrogen and oxygen atoms in total. The van der Waals surface area contributed by atoms with Crippen LogP contribution in [0.1, 0.15) is 45.7 Å². The first-order chi connectivity index (χ1) is 11.3. The predicted molar refractivity (Wildman–Crippen MR) is 93.2 cm³/mol. The molecule has 1 aromatic rings. The lowest BCUT2D eigenvalue weighted by Crippen LogP contribution is -2.46. The van der Waals surface area contributed by atoms with Crippen LogP contribution in [0.4, 0.5) is 0 Å². The van der Waals surface area contributed by atoms with Crippen molar-refractivity contribution in [2.24, 2.45) is 5.92 Å². The average Bonchev–Trinajstić information content (AvgIpc) is 2.46. The molecule has 3 heterocycles. The SMILES string of the molecule is CC(C)OP(=O)(OC(C)C)N1CC2CC(C1)c1cccc(=O)n1C2. The molecule has 2 aliphatic heterocycles. The van der Waals surface area contributed by atoms with Crippen molar-refractivity contribution in [1.29, 1.82) is 0 Å². The molecule has 1 saturated heterocycles. The topological polar surface area (TPSA) is 60.8 Å². The van der Waals surface area contributed by atoms with Crippen LogP contribution in [0.15, 0.2) is 23.0 Å². The lowest BCUT2D eigenvalue weighted by atomic mass is 9.84. The zero-order chi connectivity index (χ0) is 17.5. The molecule has 0 amide bonds. The third-order valence-corrected chi connectivity index (χ3v) is 6.89. The Hall–Kier alpha value is -0.940. The lowest BCUT2D eigenvalue weighted by molar-refractivity contribution is 0.0796. The first-order valence-corrected chi connectivity index (χ1v) is 10.2. The lowest BCUT2D eigenvalue weighted by Gasteiger charge is -2.44. The summed E-state index contributed by atoms with van der Waals surface area (Å²) in [5.41, 5.74) is 1.08. The van der Waals surface area contributed by atoms with Crippen LogP contribution in [0.5, 0.6) is 0 Å². The third kappa shape index (κ3) is 3.52. The van der Waals surface area contributed by atoms with E-state index in [0.29, 0.717) is 19.6 Å². The van der Waals surface area contributed by atoms with Crippen molar-refractivity contribution in [3.63, 3.8) is 0 Å². The zero-order valence-electron chi connectivity index (χ0n) is 14.8. The van der Waals surface area contributed by atoms with Crippen LogP contribution >= 0.6 is 7.75 Å². The molecular formula is C17H27N2O4P. The van der Waals surface area contributed by atoms with Crippen molar-refractivity contribution in [1.82, 2.24) is 9.24 Å². The minimum absolute atomic E-state index is 0.0516. The van der Waals surface area contributed by atoms with Gasteiger partial charge in [0.15, 0.2) is 0 Å². The molecule has 0 N–H and O–H groups in total. The van der Waals surface area contributed by atoms with Crippen molar-refractivity contribution < 1.29 is 13.6 Å². The normalized spacial score (nSPS) is 24.4. The van der Waals surface area contributed by atoms with Crippen molar-refractivity contribution in [2.45, 2.75) is 58.8 Å². The van der Waals surface area contributed by atoms with Crippen LogP contribution in [-0.2, 0) is 20.2 Å². The first-order valence-electron chi connectivity index (χ1n) is 8.70. The second-order valence-corrected chi connectivity index (χ2v) is 9.27. The molecule has 24 heavy (non-hydrogen) atoms. The second-order valence-electron chi connectivity index (χ2n) is 7.35. The van der Waals surface area contributed by atoms with Gasteiger partial charge in [-0.05, 0) is 46.1 Å². The van der Waals surface area contributed by atoms with E-state index in [9.17, 15) is 9.36 Å². The molecule has 2 aliphatic rings. The van der Waals surface area contributed by atoms with Crippen LogP contribution in [0.25, 0.3) is 0 Å². The average molecular weight is 354 g/mol. The van der Waals surface area contributed by atoms with Gasteiger partial charge in [0.05, 0.1) is 12.2 Å². The Morgan fingerprint density at radius 1 is 1.08 bits per heavy atom. The van der Waals surface area contributed by atoms with Crippen LogP contribution in [0.3, 0.4) is 0 Å². The van der Waals surface area contributed by atoms with E-state index in [1.807, 2.05) is 49.1 Å². The number of fused-ring (bicyclic) bond motifs is 4. The summed E-state index contributed by atoms with van der Waals surface area (Å²) in [7, 11) is -3.34. The van der Waals surface area contributed by atoms with Gasteiger partial charge in [0.1, 0.15) is 0 Å². The van der Waals surface area contributed by atoms with Gasteiger partial charge in [-0.2, -0.15) is 0 Å². The summed E-state index contributed by atoms with van der Waals surface area (Å²) in [5.74, 6) is 0.474. The van der Waals surface area contributed by atoms with E-state index >= 15 is 0 Å². The van der Waals surface area contributed by atoms with Crippen molar-refractivity contribution in [3.8, 4) is 0 Å². The van der Waals surface area contributed by atoms with Gasteiger partial charge in [-0.15, -0.1) is 0 Å². The van der Waals surface area contributed by atoms with Crippen LogP contribution < -0.4 is 5.56 Å². The smallest absolute Gasteiger partial charge is 0.312 e.